The predicted molar refractivity (Wildman–Crippen MR) is 74.9 cm³/mol. The second kappa shape index (κ2) is 4.66. The highest BCUT2D eigenvalue weighted by atomic mass is 16.3. The molecule has 0 atom stereocenters. The highest BCUT2D eigenvalue weighted by Crippen LogP contribution is 2.31. The summed E-state index contributed by atoms with van der Waals surface area (Å²) < 4.78 is 0. The van der Waals surface area contributed by atoms with Crippen LogP contribution in [0.1, 0.15) is 20.7 Å². The summed E-state index contributed by atoms with van der Waals surface area (Å²) in [5.41, 5.74) is 1.71. The topological polar surface area (TPSA) is 66.4 Å². The third-order valence-corrected chi connectivity index (χ3v) is 3.10. The number of carbonyl (C=O) groups is 2. The van der Waals surface area contributed by atoms with Crippen LogP contribution in [0.5, 0.6) is 5.75 Å². The Morgan fingerprint density at radius 1 is 1.10 bits per heavy atom. The number of ketones is 2. The number of hydrogen-bond acceptors (Lipinski definition) is 4. The molecule has 0 saturated carbocycles. The first-order valence-electron chi connectivity index (χ1n) is 6.11. The molecule has 0 aliphatic carbocycles. The summed E-state index contributed by atoms with van der Waals surface area (Å²) in [7, 11) is 0. The number of nitrogens with one attached hydrogen (secondary N) is 1. The summed E-state index contributed by atoms with van der Waals surface area (Å²) in [6, 6.07) is 13.2. The minimum atomic E-state index is -0.246. The van der Waals surface area contributed by atoms with E-state index in [4.69, 9.17) is 0 Å². The van der Waals surface area contributed by atoms with Gasteiger partial charge in [0.15, 0.2) is 5.78 Å². The molecular formula is C16H11NO3. The van der Waals surface area contributed by atoms with E-state index in [1.165, 1.54) is 24.3 Å². The summed E-state index contributed by atoms with van der Waals surface area (Å²) in [6.07, 6.45) is 1.29. The van der Waals surface area contributed by atoms with Gasteiger partial charge in [-0.3, -0.25) is 9.59 Å². The van der Waals surface area contributed by atoms with E-state index in [2.05, 4.69) is 5.32 Å². The summed E-state index contributed by atoms with van der Waals surface area (Å²) in [5.74, 6) is -0.414. The van der Waals surface area contributed by atoms with E-state index < -0.39 is 0 Å². The van der Waals surface area contributed by atoms with Crippen LogP contribution < -0.4 is 5.32 Å². The lowest BCUT2D eigenvalue weighted by atomic mass is 10.1. The number of Topliss-reactive ketones (excluding diaryl/α,β-unsaturated/α-hetero) is 1. The largest absolute Gasteiger partial charge is 0.508 e. The zero-order valence-corrected chi connectivity index (χ0v) is 10.5. The number of phenolic OH excluding ortho intramolecular Hbond substituents is 1. The Balaban J connectivity index is 1.92. The van der Waals surface area contributed by atoms with Crippen molar-refractivity contribution in [3.63, 3.8) is 0 Å². The molecule has 2 N–H and O–H groups in total. The van der Waals surface area contributed by atoms with E-state index in [0.29, 0.717) is 16.8 Å². The molecule has 1 heterocycles. The number of carbonyl (C=O) groups excluding carboxylic acids is 2. The number of aromatic hydroxyl groups is 1. The van der Waals surface area contributed by atoms with Gasteiger partial charge in [-0.25, -0.2) is 0 Å². The molecule has 0 aromatic heterocycles. The molecule has 0 saturated heterocycles. The number of hydrogen-bond donors (Lipinski definition) is 2. The molecule has 4 nitrogen and oxygen atoms in total. The number of benzene rings is 2. The summed E-state index contributed by atoms with van der Waals surface area (Å²) in [6.45, 7) is 0. The van der Waals surface area contributed by atoms with E-state index in [1.54, 1.807) is 24.3 Å². The van der Waals surface area contributed by atoms with Gasteiger partial charge in [0.1, 0.15) is 5.75 Å². The fourth-order valence-electron chi connectivity index (χ4n) is 2.10. The van der Waals surface area contributed by atoms with Crippen LogP contribution in [0.3, 0.4) is 0 Å². The van der Waals surface area contributed by atoms with Crippen LogP contribution >= 0.6 is 0 Å². The van der Waals surface area contributed by atoms with Gasteiger partial charge in [-0.05, 0) is 12.1 Å². The normalized spacial score (nSPS) is 15.0. The Labute approximate surface area is 115 Å². The molecule has 98 valence electrons. The number of allylic oxidation sites excluding steroid dienone is 2. The fraction of sp³-hybridized carbons (Fsp3) is 0. The smallest absolute Gasteiger partial charge is 0.211 e. The van der Waals surface area contributed by atoms with Crippen LogP contribution in [0.2, 0.25) is 0 Å². The number of phenols is 1. The van der Waals surface area contributed by atoms with Crippen molar-refractivity contribution in [3.05, 3.63) is 71.4 Å². The SMILES string of the molecule is O=C(/C=C1\Nc2cc(O)ccc2C1=O)c1ccccc1. The Hall–Kier alpha value is -2.88. The van der Waals surface area contributed by atoms with Gasteiger partial charge in [-0.2, -0.15) is 0 Å². The second-order valence-electron chi connectivity index (χ2n) is 4.47. The van der Waals surface area contributed by atoms with Crippen molar-refractivity contribution in [2.75, 3.05) is 5.32 Å². The van der Waals surface area contributed by atoms with Gasteiger partial charge in [-0.15, -0.1) is 0 Å². The molecule has 0 amide bonds. The molecular weight excluding hydrogens is 254 g/mol. The molecule has 0 spiro atoms. The van der Waals surface area contributed by atoms with Crippen LogP contribution in [-0.2, 0) is 0 Å². The molecule has 3 rings (SSSR count). The van der Waals surface area contributed by atoms with Crippen molar-refractivity contribution in [1.82, 2.24) is 0 Å². The fourth-order valence-corrected chi connectivity index (χ4v) is 2.10. The highest BCUT2D eigenvalue weighted by molar-refractivity contribution is 6.22. The van der Waals surface area contributed by atoms with Gasteiger partial charge in [0.25, 0.3) is 0 Å². The molecule has 4 heteroatoms. The minimum absolute atomic E-state index is 0.0692. The molecule has 1 aliphatic rings. The van der Waals surface area contributed by atoms with Crippen molar-refractivity contribution in [2.45, 2.75) is 0 Å². The Kier molecular flexibility index (Phi) is 2.84. The average Bonchev–Trinajstić information content (AvgIpc) is 2.75. The van der Waals surface area contributed by atoms with Crippen molar-refractivity contribution < 1.29 is 14.7 Å². The first-order valence-corrected chi connectivity index (χ1v) is 6.11. The zero-order valence-electron chi connectivity index (χ0n) is 10.5. The molecule has 2 aromatic rings. The molecule has 0 unspecified atom stereocenters. The average molecular weight is 265 g/mol. The summed E-state index contributed by atoms with van der Waals surface area (Å²) in [5, 5.41) is 12.2. The third-order valence-electron chi connectivity index (χ3n) is 3.10. The van der Waals surface area contributed by atoms with E-state index in [0.717, 1.165) is 0 Å². The molecule has 0 radical (unpaired) electrons. The van der Waals surface area contributed by atoms with Crippen molar-refractivity contribution in [3.8, 4) is 5.75 Å². The maximum atomic E-state index is 12.1. The van der Waals surface area contributed by atoms with Crippen molar-refractivity contribution in [2.24, 2.45) is 0 Å². The molecule has 0 bridgehead atoms. The maximum Gasteiger partial charge on any atom is 0.211 e. The first kappa shape index (κ1) is 12.2. The molecule has 1 aliphatic heterocycles. The Morgan fingerprint density at radius 3 is 2.60 bits per heavy atom. The van der Waals surface area contributed by atoms with Crippen LogP contribution in [-0.4, -0.2) is 16.7 Å². The molecule has 2 aromatic carbocycles. The molecule has 20 heavy (non-hydrogen) atoms. The second-order valence-corrected chi connectivity index (χ2v) is 4.47. The summed E-state index contributed by atoms with van der Waals surface area (Å²) in [4.78, 5) is 24.2. The van der Waals surface area contributed by atoms with Crippen molar-refractivity contribution >= 4 is 17.3 Å². The lowest BCUT2D eigenvalue weighted by molar-refractivity contribution is 0.101. The Morgan fingerprint density at radius 2 is 1.85 bits per heavy atom. The van der Waals surface area contributed by atoms with Crippen LogP contribution in [0.15, 0.2) is 60.3 Å². The van der Waals surface area contributed by atoms with E-state index in [1.807, 2.05) is 6.07 Å². The van der Waals surface area contributed by atoms with Crippen LogP contribution in [0, 0.1) is 0 Å². The van der Waals surface area contributed by atoms with Gasteiger partial charge in [0.2, 0.25) is 5.78 Å². The van der Waals surface area contributed by atoms with Gasteiger partial charge < -0.3 is 10.4 Å². The monoisotopic (exact) mass is 265 g/mol. The zero-order chi connectivity index (χ0) is 14.1. The maximum absolute atomic E-state index is 12.1. The number of fused-ring (bicyclic) bond motifs is 1. The van der Waals surface area contributed by atoms with Crippen molar-refractivity contribution in [1.29, 1.82) is 0 Å². The standard InChI is InChI=1S/C16H11NO3/c18-11-6-7-12-13(8-11)17-14(16(12)20)9-15(19)10-4-2-1-3-5-10/h1-9,17-18H/b14-9-. The Bertz CT molecular complexity index is 733. The first-order chi connectivity index (χ1) is 9.65. The summed E-state index contributed by atoms with van der Waals surface area (Å²) >= 11 is 0. The van der Waals surface area contributed by atoms with E-state index in [-0.39, 0.29) is 23.0 Å². The van der Waals surface area contributed by atoms with E-state index in [9.17, 15) is 14.7 Å². The lowest BCUT2D eigenvalue weighted by Gasteiger charge is -1.99. The third kappa shape index (κ3) is 2.07. The quantitative estimate of drug-likeness (QED) is 0.647. The van der Waals surface area contributed by atoms with Gasteiger partial charge in [0.05, 0.1) is 11.4 Å². The van der Waals surface area contributed by atoms with E-state index >= 15 is 0 Å². The van der Waals surface area contributed by atoms with Crippen LogP contribution in [0.25, 0.3) is 0 Å². The minimum Gasteiger partial charge on any atom is -0.508 e. The van der Waals surface area contributed by atoms with Gasteiger partial charge in [-0.1, -0.05) is 30.3 Å². The predicted octanol–water partition coefficient (Wildman–Crippen LogP) is 2.77. The lowest BCUT2D eigenvalue weighted by Crippen LogP contribution is -2.05. The van der Waals surface area contributed by atoms with Crippen LogP contribution in [0.4, 0.5) is 5.69 Å². The highest BCUT2D eigenvalue weighted by Gasteiger charge is 2.25. The molecule has 0 fully saturated rings. The number of anilines is 1. The van der Waals surface area contributed by atoms with Gasteiger partial charge in [0, 0.05) is 23.3 Å². The van der Waals surface area contributed by atoms with Gasteiger partial charge >= 0.3 is 0 Å². The number of rotatable bonds is 2.